The molecule has 0 saturated heterocycles. The summed E-state index contributed by atoms with van der Waals surface area (Å²) in [6, 6.07) is 7.55. The van der Waals surface area contributed by atoms with E-state index >= 15 is 0 Å². The van der Waals surface area contributed by atoms with Crippen LogP contribution in [0.4, 0.5) is 20.3 Å². The van der Waals surface area contributed by atoms with Crippen molar-refractivity contribution in [3.63, 3.8) is 0 Å². The topological polar surface area (TPSA) is 104 Å². The SMILES string of the molecule is O=C(Nc1cc(-c2ccc(NS(=O)(=O)CCCF)c(F)c2)c2cc[nH]c2n1)C1CC1. The molecule has 30 heavy (non-hydrogen) atoms. The van der Waals surface area contributed by atoms with Crippen molar-refractivity contribution in [1.29, 1.82) is 0 Å². The smallest absolute Gasteiger partial charge is 0.232 e. The normalized spacial score (nSPS) is 14.1. The van der Waals surface area contributed by atoms with E-state index in [4.69, 9.17) is 0 Å². The van der Waals surface area contributed by atoms with Crippen LogP contribution in [-0.2, 0) is 14.8 Å². The Hall–Kier alpha value is -3.01. The highest BCUT2D eigenvalue weighted by molar-refractivity contribution is 7.92. The Morgan fingerprint density at radius 1 is 1.23 bits per heavy atom. The predicted molar refractivity (Wildman–Crippen MR) is 111 cm³/mol. The molecular formula is C20H20F2N4O3S. The van der Waals surface area contributed by atoms with Gasteiger partial charge in [-0.1, -0.05) is 6.07 Å². The maximum Gasteiger partial charge on any atom is 0.232 e. The average Bonchev–Trinajstić information content (AvgIpc) is 3.45. The van der Waals surface area contributed by atoms with Gasteiger partial charge in [-0.15, -0.1) is 0 Å². The first-order chi connectivity index (χ1) is 14.4. The van der Waals surface area contributed by atoms with Crippen molar-refractivity contribution in [1.82, 2.24) is 9.97 Å². The van der Waals surface area contributed by atoms with Crippen LogP contribution in [0.25, 0.3) is 22.2 Å². The zero-order valence-electron chi connectivity index (χ0n) is 15.9. The number of hydrogen-bond donors (Lipinski definition) is 3. The summed E-state index contributed by atoms with van der Waals surface area (Å²) in [6.45, 7) is -0.767. The lowest BCUT2D eigenvalue weighted by atomic mass is 10.0. The third-order valence-corrected chi connectivity index (χ3v) is 6.18. The number of nitrogens with one attached hydrogen (secondary N) is 3. The second-order valence-corrected chi connectivity index (χ2v) is 9.06. The molecule has 0 radical (unpaired) electrons. The van der Waals surface area contributed by atoms with E-state index in [0.29, 0.717) is 22.6 Å². The number of rotatable bonds is 8. The van der Waals surface area contributed by atoms with Gasteiger partial charge in [-0.2, -0.15) is 0 Å². The van der Waals surface area contributed by atoms with Crippen molar-refractivity contribution < 1.29 is 22.0 Å². The number of carbonyl (C=O) groups is 1. The molecule has 7 nitrogen and oxygen atoms in total. The van der Waals surface area contributed by atoms with Gasteiger partial charge >= 0.3 is 0 Å². The fourth-order valence-electron chi connectivity index (χ4n) is 3.14. The Balaban J connectivity index is 1.65. The Labute approximate surface area is 172 Å². The van der Waals surface area contributed by atoms with Crippen LogP contribution in [0.1, 0.15) is 19.3 Å². The van der Waals surface area contributed by atoms with E-state index in [-0.39, 0.29) is 23.9 Å². The fraction of sp³-hybridized carbons (Fsp3) is 0.300. The summed E-state index contributed by atoms with van der Waals surface area (Å²) in [5.74, 6) is -0.919. The summed E-state index contributed by atoms with van der Waals surface area (Å²) in [5, 5.41) is 3.52. The van der Waals surface area contributed by atoms with E-state index in [9.17, 15) is 22.0 Å². The third-order valence-electron chi connectivity index (χ3n) is 4.82. The minimum atomic E-state index is -3.84. The molecule has 0 unspecified atom stereocenters. The van der Waals surface area contributed by atoms with Crippen molar-refractivity contribution in [3.8, 4) is 11.1 Å². The molecule has 1 saturated carbocycles. The molecule has 0 aliphatic heterocycles. The van der Waals surface area contributed by atoms with Gasteiger partial charge < -0.3 is 10.3 Å². The predicted octanol–water partition coefficient (Wildman–Crippen LogP) is 3.82. The number of H-pyrrole nitrogens is 1. The van der Waals surface area contributed by atoms with E-state index in [1.54, 1.807) is 24.4 Å². The Morgan fingerprint density at radius 3 is 2.73 bits per heavy atom. The van der Waals surface area contributed by atoms with Gasteiger partial charge in [0.2, 0.25) is 15.9 Å². The molecule has 4 rings (SSSR count). The van der Waals surface area contributed by atoms with E-state index in [2.05, 4.69) is 20.0 Å². The number of sulfonamides is 1. The highest BCUT2D eigenvalue weighted by Gasteiger charge is 2.30. The molecule has 1 aliphatic carbocycles. The van der Waals surface area contributed by atoms with Gasteiger partial charge in [0.05, 0.1) is 18.1 Å². The number of aromatic amines is 1. The largest absolute Gasteiger partial charge is 0.346 e. The summed E-state index contributed by atoms with van der Waals surface area (Å²) >= 11 is 0. The Kier molecular flexibility index (Phi) is 5.42. The lowest BCUT2D eigenvalue weighted by Gasteiger charge is -2.12. The van der Waals surface area contributed by atoms with Crippen LogP contribution in [-0.4, -0.2) is 36.7 Å². The van der Waals surface area contributed by atoms with Crippen molar-refractivity contribution in [2.45, 2.75) is 19.3 Å². The number of carbonyl (C=O) groups excluding carboxylic acids is 1. The van der Waals surface area contributed by atoms with Crippen LogP contribution in [0.15, 0.2) is 36.5 Å². The number of hydrogen-bond acceptors (Lipinski definition) is 4. The van der Waals surface area contributed by atoms with Gasteiger partial charge in [0.25, 0.3) is 0 Å². The molecule has 3 aromatic rings. The van der Waals surface area contributed by atoms with Crippen molar-refractivity contribution in [2.24, 2.45) is 5.92 Å². The minimum absolute atomic E-state index is 0.0109. The fourth-order valence-corrected chi connectivity index (χ4v) is 4.23. The van der Waals surface area contributed by atoms with E-state index in [0.717, 1.165) is 18.2 Å². The highest BCUT2D eigenvalue weighted by Crippen LogP contribution is 2.34. The van der Waals surface area contributed by atoms with Crippen molar-refractivity contribution in [2.75, 3.05) is 22.5 Å². The first-order valence-electron chi connectivity index (χ1n) is 9.51. The number of aromatic nitrogens is 2. The van der Waals surface area contributed by atoms with Crippen molar-refractivity contribution in [3.05, 3.63) is 42.3 Å². The second kappa shape index (κ2) is 8.02. The molecule has 1 fully saturated rings. The number of nitrogens with zero attached hydrogens (tertiary/aromatic N) is 1. The van der Waals surface area contributed by atoms with Crippen LogP contribution in [0.2, 0.25) is 0 Å². The standard InChI is InChI=1S/C20H20F2N4O3S/c21-7-1-9-30(28,29)26-17-5-4-13(10-16(17)22)15-11-18(25-20(27)12-2-3-12)24-19-14(15)6-8-23-19/h4-6,8,10-12,26H,1-3,7,9H2,(H2,23,24,25,27). The zero-order valence-corrected chi connectivity index (χ0v) is 16.7. The minimum Gasteiger partial charge on any atom is -0.346 e. The lowest BCUT2D eigenvalue weighted by Crippen LogP contribution is -2.17. The molecule has 1 amide bonds. The van der Waals surface area contributed by atoms with E-state index in [1.165, 1.54) is 12.1 Å². The van der Waals surface area contributed by atoms with Gasteiger partial charge in [0.15, 0.2) is 0 Å². The van der Waals surface area contributed by atoms with Crippen LogP contribution < -0.4 is 10.0 Å². The van der Waals surface area contributed by atoms with Gasteiger partial charge in [-0.3, -0.25) is 13.9 Å². The number of anilines is 2. The zero-order chi connectivity index (χ0) is 21.3. The first kappa shape index (κ1) is 20.3. The molecule has 2 aromatic heterocycles. The molecule has 0 bridgehead atoms. The molecule has 1 aromatic carbocycles. The van der Waals surface area contributed by atoms with Crippen LogP contribution >= 0.6 is 0 Å². The highest BCUT2D eigenvalue weighted by atomic mass is 32.2. The average molecular weight is 434 g/mol. The Morgan fingerprint density at radius 2 is 2.03 bits per heavy atom. The summed E-state index contributed by atoms with van der Waals surface area (Å²) in [7, 11) is -3.84. The molecule has 3 N–H and O–H groups in total. The first-order valence-corrected chi connectivity index (χ1v) is 11.2. The Bertz CT molecular complexity index is 1210. The number of halogens is 2. The number of alkyl halides is 1. The second-order valence-electron chi connectivity index (χ2n) is 7.22. The maximum absolute atomic E-state index is 14.6. The van der Waals surface area contributed by atoms with E-state index < -0.39 is 28.3 Å². The molecule has 2 heterocycles. The molecular weight excluding hydrogens is 414 g/mol. The summed E-state index contributed by atoms with van der Waals surface area (Å²) in [6.07, 6.45) is 3.25. The van der Waals surface area contributed by atoms with E-state index in [1.807, 2.05) is 0 Å². The summed E-state index contributed by atoms with van der Waals surface area (Å²) < 4.78 is 52.9. The quantitative estimate of drug-likeness (QED) is 0.501. The molecule has 1 aliphatic rings. The third kappa shape index (κ3) is 4.43. The lowest BCUT2D eigenvalue weighted by molar-refractivity contribution is -0.117. The summed E-state index contributed by atoms with van der Waals surface area (Å²) in [5.41, 5.74) is 1.46. The van der Waals surface area contributed by atoms with Gasteiger partial charge in [0.1, 0.15) is 17.3 Å². The summed E-state index contributed by atoms with van der Waals surface area (Å²) in [4.78, 5) is 19.5. The maximum atomic E-state index is 14.6. The molecule has 0 atom stereocenters. The number of pyridine rings is 1. The number of amides is 1. The van der Waals surface area contributed by atoms with Crippen LogP contribution in [0.3, 0.4) is 0 Å². The molecule has 10 heteroatoms. The molecule has 0 spiro atoms. The van der Waals surface area contributed by atoms with Gasteiger partial charge in [-0.25, -0.2) is 17.8 Å². The van der Waals surface area contributed by atoms with Crippen LogP contribution in [0.5, 0.6) is 0 Å². The number of fused-ring (bicyclic) bond motifs is 1. The number of benzene rings is 1. The van der Waals surface area contributed by atoms with Crippen LogP contribution in [0, 0.1) is 11.7 Å². The van der Waals surface area contributed by atoms with Crippen molar-refractivity contribution >= 4 is 38.5 Å². The van der Waals surface area contributed by atoms with Gasteiger partial charge in [-0.05, 0) is 54.7 Å². The van der Waals surface area contributed by atoms with Gasteiger partial charge in [0, 0.05) is 17.5 Å². The molecule has 158 valence electrons. The monoisotopic (exact) mass is 434 g/mol.